The van der Waals surface area contributed by atoms with Crippen molar-refractivity contribution >= 4 is 39.1 Å². The first-order valence-electron chi connectivity index (χ1n) is 9.87. The average molecular weight is 415 g/mol. The molecule has 4 nitrogen and oxygen atoms in total. The minimum atomic E-state index is 0.141. The molecular weight excluding hydrogens is 390 g/mol. The van der Waals surface area contributed by atoms with E-state index in [0.717, 1.165) is 42.9 Å². The Labute approximate surface area is 174 Å². The number of nitrogens with zero attached hydrogens (tertiary/aromatic N) is 1. The summed E-state index contributed by atoms with van der Waals surface area (Å²) < 4.78 is 1.27. The van der Waals surface area contributed by atoms with E-state index in [4.69, 9.17) is 16.6 Å². The number of fused-ring (bicyclic) bond motifs is 1. The minimum Gasteiger partial charge on any atom is -0.351 e. The molecule has 1 saturated heterocycles. The van der Waals surface area contributed by atoms with Gasteiger partial charge in [-0.2, -0.15) is 0 Å². The number of hydrogen-bond acceptors (Lipinski definition) is 3. The van der Waals surface area contributed by atoms with Crippen LogP contribution in [0, 0.1) is 0 Å². The van der Waals surface area contributed by atoms with Crippen molar-refractivity contribution in [1.29, 1.82) is 0 Å². The van der Waals surface area contributed by atoms with Gasteiger partial charge >= 0.3 is 0 Å². The molecule has 0 bridgehead atoms. The Morgan fingerprint density at radius 2 is 1.89 bits per heavy atom. The Morgan fingerprint density at radius 3 is 2.64 bits per heavy atom. The number of carbonyl (C=O) groups is 1. The molecule has 1 aliphatic heterocycles. The molecule has 1 fully saturated rings. The summed E-state index contributed by atoms with van der Waals surface area (Å²) in [5, 5.41) is 5.05. The van der Waals surface area contributed by atoms with Crippen molar-refractivity contribution in [2.45, 2.75) is 25.2 Å². The minimum absolute atomic E-state index is 0.141. The van der Waals surface area contributed by atoms with E-state index >= 15 is 0 Å². The Hall–Kier alpha value is -1.95. The van der Waals surface area contributed by atoms with Crippen LogP contribution >= 0.6 is 22.9 Å². The topological polar surface area (TPSA) is 46.4 Å². The van der Waals surface area contributed by atoms with Crippen LogP contribution in [0.1, 0.15) is 29.3 Å². The number of quaternary nitrogens is 1. The Balaban J connectivity index is 1.20. The molecule has 146 valence electrons. The number of piperidine rings is 1. The number of benzene rings is 2. The SMILES string of the molecule is O=C(C[NH+]1CCC(c2nc3ccccc3s2)CC1)NCCc1ccc(Cl)cc1. The van der Waals surface area contributed by atoms with Crippen molar-refractivity contribution in [2.75, 3.05) is 26.2 Å². The highest BCUT2D eigenvalue weighted by Gasteiger charge is 2.26. The van der Waals surface area contributed by atoms with Crippen molar-refractivity contribution < 1.29 is 9.69 Å². The summed E-state index contributed by atoms with van der Waals surface area (Å²) in [6.45, 7) is 3.30. The number of rotatable bonds is 6. The van der Waals surface area contributed by atoms with Crippen LogP contribution in [0.25, 0.3) is 10.2 Å². The van der Waals surface area contributed by atoms with Crippen molar-refractivity contribution in [3.05, 3.63) is 64.1 Å². The average Bonchev–Trinajstić information content (AvgIpc) is 3.14. The highest BCUT2D eigenvalue weighted by molar-refractivity contribution is 7.18. The fourth-order valence-electron chi connectivity index (χ4n) is 3.80. The van der Waals surface area contributed by atoms with Crippen molar-refractivity contribution in [3.63, 3.8) is 0 Å². The zero-order valence-electron chi connectivity index (χ0n) is 15.8. The van der Waals surface area contributed by atoms with Crippen LogP contribution in [-0.4, -0.2) is 37.1 Å². The maximum Gasteiger partial charge on any atom is 0.275 e. The summed E-state index contributed by atoms with van der Waals surface area (Å²) in [6.07, 6.45) is 3.04. The van der Waals surface area contributed by atoms with E-state index in [-0.39, 0.29) is 5.91 Å². The monoisotopic (exact) mass is 414 g/mol. The fraction of sp³-hybridized carbons (Fsp3) is 0.364. The molecule has 1 amide bonds. The second-order valence-corrected chi connectivity index (χ2v) is 8.95. The lowest BCUT2D eigenvalue weighted by Crippen LogP contribution is -3.14. The number of hydrogen-bond donors (Lipinski definition) is 2. The molecule has 6 heteroatoms. The van der Waals surface area contributed by atoms with Gasteiger partial charge in [-0.1, -0.05) is 35.9 Å². The van der Waals surface area contributed by atoms with Crippen LogP contribution in [0.15, 0.2) is 48.5 Å². The predicted octanol–water partition coefficient (Wildman–Crippen LogP) is 3.07. The molecule has 2 N–H and O–H groups in total. The molecule has 2 aromatic carbocycles. The third-order valence-corrected chi connectivity index (χ3v) is 6.86. The quantitative estimate of drug-likeness (QED) is 0.651. The van der Waals surface area contributed by atoms with Gasteiger partial charge in [-0.25, -0.2) is 4.98 Å². The van der Waals surface area contributed by atoms with Crippen LogP contribution in [0.4, 0.5) is 0 Å². The molecule has 28 heavy (non-hydrogen) atoms. The standard InChI is InChI=1S/C22H24ClN3OS/c23-18-7-5-16(6-8-18)9-12-24-21(27)15-26-13-10-17(11-14-26)22-25-19-3-1-2-4-20(19)28-22/h1-8,17H,9-15H2,(H,24,27)/p+1. The zero-order chi connectivity index (χ0) is 19.3. The number of halogens is 1. The molecule has 1 aromatic heterocycles. The number of nitrogens with one attached hydrogen (secondary N) is 2. The van der Waals surface area contributed by atoms with Gasteiger partial charge in [-0.15, -0.1) is 11.3 Å². The van der Waals surface area contributed by atoms with Crippen LogP contribution < -0.4 is 10.2 Å². The second-order valence-electron chi connectivity index (χ2n) is 7.45. The largest absolute Gasteiger partial charge is 0.351 e. The maximum atomic E-state index is 12.3. The van der Waals surface area contributed by atoms with Gasteiger partial charge in [0.1, 0.15) is 0 Å². The molecule has 2 heterocycles. The first kappa shape index (κ1) is 19.4. The normalized spacial score (nSPS) is 19.6. The molecular formula is C22H25ClN3OS+. The van der Waals surface area contributed by atoms with E-state index in [1.165, 1.54) is 20.2 Å². The summed E-state index contributed by atoms with van der Waals surface area (Å²) in [5.41, 5.74) is 2.30. The Morgan fingerprint density at radius 1 is 1.14 bits per heavy atom. The molecule has 0 unspecified atom stereocenters. The number of aromatic nitrogens is 1. The molecule has 0 saturated carbocycles. The first-order valence-corrected chi connectivity index (χ1v) is 11.1. The van der Waals surface area contributed by atoms with E-state index in [1.807, 2.05) is 41.7 Å². The third kappa shape index (κ3) is 4.90. The molecule has 3 aromatic rings. The third-order valence-electron chi connectivity index (χ3n) is 5.41. The predicted molar refractivity (Wildman–Crippen MR) is 115 cm³/mol. The number of amides is 1. The van der Waals surface area contributed by atoms with Gasteiger partial charge in [-0.3, -0.25) is 4.79 Å². The smallest absolute Gasteiger partial charge is 0.275 e. The Kier molecular flexibility index (Phi) is 6.25. The first-order chi connectivity index (χ1) is 13.7. The van der Waals surface area contributed by atoms with Crippen LogP contribution in [-0.2, 0) is 11.2 Å². The van der Waals surface area contributed by atoms with Gasteiger partial charge in [0.25, 0.3) is 5.91 Å². The number of thiazole rings is 1. The van der Waals surface area contributed by atoms with Crippen molar-refractivity contribution in [1.82, 2.24) is 10.3 Å². The molecule has 4 rings (SSSR count). The highest BCUT2D eigenvalue weighted by atomic mass is 35.5. The Bertz CT molecular complexity index is 899. The van der Waals surface area contributed by atoms with Gasteiger partial charge in [0.2, 0.25) is 0 Å². The van der Waals surface area contributed by atoms with Crippen LogP contribution in [0.5, 0.6) is 0 Å². The van der Waals surface area contributed by atoms with Gasteiger partial charge in [0.05, 0.1) is 28.3 Å². The molecule has 1 aliphatic rings. The van der Waals surface area contributed by atoms with Gasteiger partial charge in [0, 0.05) is 30.3 Å². The number of para-hydroxylation sites is 1. The lowest BCUT2D eigenvalue weighted by atomic mass is 9.97. The van der Waals surface area contributed by atoms with E-state index in [0.29, 0.717) is 19.0 Å². The summed E-state index contributed by atoms with van der Waals surface area (Å²) in [7, 11) is 0. The highest BCUT2D eigenvalue weighted by Crippen LogP contribution is 2.31. The van der Waals surface area contributed by atoms with E-state index in [2.05, 4.69) is 23.5 Å². The molecule has 0 radical (unpaired) electrons. The second kappa shape index (κ2) is 9.03. The maximum absolute atomic E-state index is 12.3. The van der Waals surface area contributed by atoms with E-state index in [1.54, 1.807) is 0 Å². The lowest BCUT2D eigenvalue weighted by molar-refractivity contribution is -0.897. The molecule has 0 atom stereocenters. The number of likely N-dealkylation sites (tertiary alicyclic amines) is 1. The van der Waals surface area contributed by atoms with Crippen molar-refractivity contribution in [2.24, 2.45) is 0 Å². The zero-order valence-corrected chi connectivity index (χ0v) is 17.4. The molecule has 0 aliphatic carbocycles. The van der Waals surface area contributed by atoms with Gasteiger partial charge in [-0.05, 0) is 36.2 Å². The molecule has 0 spiro atoms. The fourth-order valence-corrected chi connectivity index (χ4v) is 5.06. The summed E-state index contributed by atoms with van der Waals surface area (Å²) in [5.74, 6) is 0.677. The van der Waals surface area contributed by atoms with Crippen molar-refractivity contribution in [3.8, 4) is 0 Å². The summed E-state index contributed by atoms with van der Waals surface area (Å²) in [4.78, 5) is 18.5. The van der Waals surface area contributed by atoms with E-state index in [9.17, 15) is 4.79 Å². The van der Waals surface area contributed by atoms with Crippen LogP contribution in [0.3, 0.4) is 0 Å². The lowest BCUT2D eigenvalue weighted by Gasteiger charge is -2.27. The summed E-state index contributed by atoms with van der Waals surface area (Å²) in [6, 6.07) is 16.1. The van der Waals surface area contributed by atoms with E-state index < -0.39 is 0 Å². The van der Waals surface area contributed by atoms with Crippen LogP contribution in [0.2, 0.25) is 5.02 Å². The van der Waals surface area contributed by atoms with Gasteiger partial charge < -0.3 is 10.2 Å². The summed E-state index contributed by atoms with van der Waals surface area (Å²) >= 11 is 7.72. The number of carbonyl (C=O) groups excluding carboxylic acids is 1. The van der Waals surface area contributed by atoms with Gasteiger partial charge in [0.15, 0.2) is 6.54 Å².